The van der Waals surface area contributed by atoms with Crippen molar-refractivity contribution in [3.63, 3.8) is 0 Å². The molecule has 0 aliphatic heterocycles. The normalized spacial score (nSPS) is 11.2. The predicted octanol–water partition coefficient (Wildman–Crippen LogP) is 7.56. The molecule has 0 saturated carbocycles. The first-order valence-electron chi connectivity index (χ1n) is 9.55. The average Bonchev–Trinajstić information content (AvgIpc) is 2.78. The molecule has 0 N–H and O–H groups in total. The van der Waals surface area contributed by atoms with Crippen LogP contribution in [0.3, 0.4) is 0 Å². The summed E-state index contributed by atoms with van der Waals surface area (Å²) in [6.07, 6.45) is 0. The van der Waals surface area contributed by atoms with Gasteiger partial charge in [0.1, 0.15) is 0 Å². The van der Waals surface area contributed by atoms with Crippen LogP contribution >= 0.6 is 0 Å². The van der Waals surface area contributed by atoms with E-state index in [0.29, 0.717) is 0 Å². The third-order valence-corrected chi connectivity index (χ3v) is 5.69. The molecular weight excluding hydrogens is 425 g/mol. The van der Waals surface area contributed by atoms with Crippen LogP contribution in [0.5, 0.6) is 0 Å². The zero-order valence-electron chi connectivity index (χ0n) is 15.8. The SMILES string of the molecule is [Y].[c-]1ccc2c(ccc3ccccc32)c1-c1[c-]ccc2c1ccc1ccccc12. The molecule has 29 heavy (non-hydrogen) atoms. The number of hydrogen-bond donors (Lipinski definition) is 0. The fraction of sp³-hybridized carbons (Fsp3) is 0. The number of benzene rings is 6. The molecule has 0 aliphatic rings. The van der Waals surface area contributed by atoms with Gasteiger partial charge < -0.3 is 0 Å². The standard InChI is InChI=1S/C28H16.Y/c1-3-9-21-19(7-1)15-17-27-23(21)11-5-13-25(27)26-14-6-12-24-22-10-4-2-8-20(22)16-18-28(24)26;/h1-12,15-18H;/q-2;. The molecule has 0 amide bonds. The maximum atomic E-state index is 3.50. The molecule has 0 aliphatic carbocycles. The van der Waals surface area contributed by atoms with Crippen LogP contribution in [-0.4, -0.2) is 0 Å². The molecule has 0 unspecified atom stereocenters. The molecule has 133 valence electrons. The van der Waals surface area contributed by atoms with E-state index < -0.39 is 0 Å². The second kappa shape index (κ2) is 7.37. The minimum absolute atomic E-state index is 0. The van der Waals surface area contributed by atoms with Gasteiger partial charge in [0, 0.05) is 32.7 Å². The van der Waals surface area contributed by atoms with Gasteiger partial charge in [0.15, 0.2) is 0 Å². The minimum Gasteiger partial charge on any atom is -0.218 e. The Labute approximate surface area is 195 Å². The van der Waals surface area contributed by atoms with Crippen molar-refractivity contribution in [3.8, 4) is 11.1 Å². The number of rotatable bonds is 1. The molecule has 1 heteroatoms. The van der Waals surface area contributed by atoms with Crippen LogP contribution < -0.4 is 0 Å². The second-order valence-electron chi connectivity index (χ2n) is 7.20. The fourth-order valence-corrected chi connectivity index (χ4v) is 4.37. The monoisotopic (exact) mass is 441 g/mol. The Balaban J connectivity index is 0.00000181. The van der Waals surface area contributed by atoms with Crippen molar-refractivity contribution in [2.24, 2.45) is 0 Å². The van der Waals surface area contributed by atoms with Crippen LogP contribution in [0.15, 0.2) is 97.1 Å². The molecule has 6 aromatic rings. The summed E-state index contributed by atoms with van der Waals surface area (Å²) in [6.45, 7) is 0. The molecule has 6 rings (SSSR count). The third kappa shape index (κ3) is 2.91. The molecule has 0 fully saturated rings. The summed E-state index contributed by atoms with van der Waals surface area (Å²) in [6, 6.07) is 41.4. The summed E-state index contributed by atoms with van der Waals surface area (Å²) in [5, 5.41) is 10.1. The first-order valence-corrected chi connectivity index (χ1v) is 9.55. The Morgan fingerprint density at radius 2 is 0.828 bits per heavy atom. The Kier molecular flexibility index (Phi) is 4.70. The molecule has 0 aromatic heterocycles. The van der Waals surface area contributed by atoms with Crippen molar-refractivity contribution in [3.05, 3.63) is 109 Å². The molecule has 0 nitrogen and oxygen atoms in total. The molecule has 0 spiro atoms. The molecule has 0 bridgehead atoms. The Morgan fingerprint density at radius 3 is 1.31 bits per heavy atom. The summed E-state index contributed by atoms with van der Waals surface area (Å²) in [7, 11) is 0. The van der Waals surface area contributed by atoms with E-state index in [9.17, 15) is 0 Å². The van der Waals surface area contributed by atoms with Gasteiger partial charge in [-0.1, -0.05) is 60.7 Å². The Hall–Kier alpha value is -2.54. The van der Waals surface area contributed by atoms with E-state index in [1.807, 2.05) is 12.1 Å². The summed E-state index contributed by atoms with van der Waals surface area (Å²) < 4.78 is 0. The maximum Gasteiger partial charge on any atom is 0 e. The minimum atomic E-state index is 0. The third-order valence-electron chi connectivity index (χ3n) is 5.69. The van der Waals surface area contributed by atoms with E-state index in [1.165, 1.54) is 43.1 Å². The average molecular weight is 441 g/mol. The van der Waals surface area contributed by atoms with E-state index in [0.717, 1.165) is 11.1 Å². The molecule has 0 saturated heterocycles. The van der Waals surface area contributed by atoms with Crippen LogP contribution in [0, 0.1) is 12.1 Å². The molecule has 0 heterocycles. The molecule has 6 aromatic carbocycles. The topological polar surface area (TPSA) is 0 Å². The summed E-state index contributed by atoms with van der Waals surface area (Å²) in [5.41, 5.74) is 2.23. The van der Waals surface area contributed by atoms with Crippen LogP contribution in [0.25, 0.3) is 54.2 Å². The van der Waals surface area contributed by atoms with Gasteiger partial charge in [0.25, 0.3) is 0 Å². The van der Waals surface area contributed by atoms with Crippen LogP contribution in [0.4, 0.5) is 0 Å². The van der Waals surface area contributed by atoms with Crippen LogP contribution in [0.2, 0.25) is 0 Å². The van der Waals surface area contributed by atoms with E-state index in [4.69, 9.17) is 0 Å². The summed E-state index contributed by atoms with van der Waals surface area (Å²) in [5.74, 6) is 0. The van der Waals surface area contributed by atoms with E-state index in [1.54, 1.807) is 0 Å². The van der Waals surface area contributed by atoms with Gasteiger partial charge in [-0.05, 0) is 21.5 Å². The van der Waals surface area contributed by atoms with Gasteiger partial charge in [-0.3, -0.25) is 0 Å². The van der Waals surface area contributed by atoms with Crippen molar-refractivity contribution in [2.75, 3.05) is 0 Å². The zero-order chi connectivity index (χ0) is 18.5. The van der Waals surface area contributed by atoms with E-state index in [-0.39, 0.29) is 32.7 Å². The van der Waals surface area contributed by atoms with Gasteiger partial charge in [-0.15, -0.1) is 45.8 Å². The summed E-state index contributed by atoms with van der Waals surface area (Å²) >= 11 is 0. The zero-order valence-corrected chi connectivity index (χ0v) is 18.7. The van der Waals surface area contributed by atoms with Gasteiger partial charge in [0.05, 0.1) is 0 Å². The first kappa shape index (κ1) is 18.5. The van der Waals surface area contributed by atoms with Gasteiger partial charge in [-0.2, -0.15) is 24.3 Å². The predicted molar refractivity (Wildman–Crippen MR) is 120 cm³/mol. The van der Waals surface area contributed by atoms with E-state index >= 15 is 0 Å². The first-order chi connectivity index (χ1) is 13.9. The second-order valence-corrected chi connectivity index (χ2v) is 7.20. The van der Waals surface area contributed by atoms with E-state index in [2.05, 4.69) is 97.1 Å². The fourth-order valence-electron chi connectivity index (χ4n) is 4.37. The Bertz CT molecular complexity index is 1390. The van der Waals surface area contributed by atoms with Crippen molar-refractivity contribution in [1.29, 1.82) is 0 Å². The number of fused-ring (bicyclic) bond motifs is 6. The largest absolute Gasteiger partial charge is 0.218 e. The Morgan fingerprint density at radius 1 is 0.379 bits per heavy atom. The quantitative estimate of drug-likeness (QED) is 0.182. The summed E-state index contributed by atoms with van der Waals surface area (Å²) in [4.78, 5) is 0. The number of hydrogen-bond acceptors (Lipinski definition) is 0. The van der Waals surface area contributed by atoms with Crippen LogP contribution in [0.1, 0.15) is 0 Å². The van der Waals surface area contributed by atoms with Gasteiger partial charge in [-0.25, -0.2) is 11.1 Å². The van der Waals surface area contributed by atoms with Crippen molar-refractivity contribution >= 4 is 43.1 Å². The smallest absolute Gasteiger partial charge is 0 e. The van der Waals surface area contributed by atoms with Crippen molar-refractivity contribution < 1.29 is 32.7 Å². The van der Waals surface area contributed by atoms with Crippen molar-refractivity contribution in [1.82, 2.24) is 0 Å². The van der Waals surface area contributed by atoms with Gasteiger partial charge in [0.2, 0.25) is 0 Å². The van der Waals surface area contributed by atoms with Gasteiger partial charge >= 0.3 is 0 Å². The molecule has 0 atom stereocenters. The maximum absolute atomic E-state index is 3.50. The molecular formula is C28H16Y-2. The molecule has 1 radical (unpaired) electrons. The van der Waals surface area contributed by atoms with Crippen molar-refractivity contribution in [2.45, 2.75) is 0 Å². The van der Waals surface area contributed by atoms with Crippen LogP contribution in [-0.2, 0) is 32.7 Å².